The van der Waals surface area contributed by atoms with Gasteiger partial charge in [0.15, 0.2) is 11.5 Å². The first-order chi connectivity index (χ1) is 16.6. The molecule has 1 N–H and O–H groups in total. The van der Waals surface area contributed by atoms with Crippen LogP contribution in [0.2, 0.25) is 0 Å². The largest absolute Gasteiger partial charge is 0.418 e. The van der Waals surface area contributed by atoms with Gasteiger partial charge in [-0.05, 0) is 55.8 Å². The maximum atomic E-state index is 13.5. The molecular weight excluding hydrogens is 457 g/mol. The summed E-state index contributed by atoms with van der Waals surface area (Å²) in [5, 5.41) is 13.1. The van der Waals surface area contributed by atoms with Crippen molar-refractivity contribution in [2.45, 2.75) is 32.0 Å². The molecule has 3 aromatic heterocycles. The summed E-state index contributed by atoms with van der Waals surface area (Å²) >= 11 is 0. The third kappa shape index (κ3) is 5.05. The van der Waals surface area contributed by atoms with Crippen molar-refractivity contribution in [3.63, 3.8) is 0 Å². The number of benzene rings is 1. The number of methoxy groups -OCH3 is 1. The molecule has 0 radical (unpaired) electrons. The predicted molar refractivity (Wildman–Crippen MR) is 125 cm³/mol. The molecule has 0 bridgehead atoms. The van der Waals surface area contributed by atoms with Crippen molar-refractivity contribution >= 4 is 22.5 Å². The maximum absolute atomic E-state index is 13.5. The smallest absolute Gasteiger partial charge is 0.377 e. The number of nitrogens with zero attached hydrogens (tertiary/aromatic N) is 5. The minimum absolute atomic E-state index is 0.0431. The highest BCUT2D eigenvalue weighted by molar-refractivity contribution is 5.90. The van der Waals surface area contributed by atoms with E-state index in [0.717, 1.165) is 11.6 Å². The highest BCUT2D eigenvalue weighted by atomic mass is 19.4. The van der Waals surface area contributed by atoms with E-state index in [4.69, 9.17) is 4.74 Å². The van der Waals surface area contributed by atoms with E-state index in [9.17, 15) is 18.4 Å². The van der Waals surface area contributed by atoms with Crippen molar-refractivity contribution in [1.29, 1.82) is 5.26 Å². The Hall–Kier alpha value is -4.10. The summed E-state index contributed by atoms with van der Waals surface area (Å²) in [5.41, 5.74) is 0.0250. The second-order valence-corrected chi connectivity index (χ2v) is 8.33. The summed E-state index contributed by atoms with van der Waals surface area (Å²) in [6.07, 6.45) is -3.29. The molecule has 0 unspecified atom stereocenters. The first kappa shape index (κ1) is 24.0. The number of fused-ring (bicyclic) bond motifs is 1. The van der Waals surface area contributed by atoms with Gasteiger partial charge in [-0.3, -0.25) is 4.98 Å². The third-order valence-corrected chi connectivity index (χ3v) is 5.38. The van der Waals surface area contributed by atoms with Crippen molar-refractivity contribution < 1.29 is 17.9 Å². The number of hydrogen-bond acceptors (Lipinski definition) is 7. The highest BCUT2D eigenvalue weighted by Gasteiger charge is 2.34. The molecule has 0 aliphatic rings. The first-order valence-corrected chi connectivity index (χ1v) is 10.6. The normalized spacial score (nSPS) is 11.9. The molecule has 35 heavy (non-hydrogen) atoms. The van der Waals surface area contributed by atoms with Crippen LogP contribution in [0.25, 0.3) is 22.4 Å². The van der Waals surface area contributed by atoms with Crippen LogP contribution in [0.3, 0.4) is 0 Å². The summed E-state index contributed by atoms with van der Waals surface area (Å²) in [6.45, 7) is 3.75. The molecule has 1 aromatic carbocycles. The Kier molecular flexibility index (Phi) is 6.37. The zero-order valence-electron chi connectivity index (χ0n) is 19.2. The zero-order valence-corrected chi connectivity index (χ0v) is 19.2. The number of nitriles is 1. The fourth-order valence-electron chi connectivity index (χ4n) is 3.49. The molecule has 0 saturated carbocycles. The molecule has 0 aliphatic heterocycles. The predicted octanol–water partition coefficient (Wildman–Crippen LogP) is 5.80. The lowest BCUT2D eigenvalue weighted by molar-refractivity contribution is -0.137. The van der Waals surface area contributed by atoms with Crippen molar-refractivity contribution in [2.24, 2.45) is 0 Å². The van der Waals surface area contributed by atoms with Gasteiger partial charge in [0.2, 0.25) is 0 Å². The van der Waals surface area contributed by atoms with Crippen LogP contribution in [-0.4, -0.2) is 27.0 Å². The van der Waals surface area contributed by atoms with Gasteiger partial charge in [-0.2, -0.15) is 18.4 Å². The number of rotatable bonds is 6. The number of anilines is 2. The van der Waals surface area contributed by atoms with E-state index >= 15 is 0 Å². The Morgan fingerprint density at radius 3 is 2.40 bits per heavy atom. The van der Waals surface area contributed by atoms with E-state index in [1.54, 1.807) is 6.07 Å². The number of pyridine rings is 2. The Morgan fingerprint density at radius 2 is 1.74 bits per heavy atom. The maximum Gasteiger partial charge on any atom is 0.418 e. The van der Waals surface area contributed by atoms with Gasteiger partial charge in [-0.15, -0.1) is 0 Å². The van der Waals surface area contributed by atoms with Gasteiger partial charge < -0.3 is 10.1 Å². The number of halogens is 3. The molecule has 0 atom stereocenters. The minimum Gasteiger partial charge on any atom is -0.377 e. The number of aromatic nitrogens is 4. The van der Waals surface area contributed by atoms with Gasteiger partial charge in [-0.1, -0.05) is 12.1 Å². The minimum atomic E-state index is -4.58. The number of ether oxygens (including phenoxy) is 1. The lowest BCUT2D eigenvalue weighted by Gasteiger charge is -2.17. The fraction of sp³-hybridized carbons (Fsp3) is 0.240. The Balaban J connectivity index is 1.78. The quantitative estimate of drug-likeness (QED) is 0.374. The van der Waals surface area contributed by atoms with Gasteiger partial charge >= 0.3 is 6.18 Å². The van der Waals surface area contributed by atoms with Crippen LogP contribution in [0, 0.1) is 11.3 Å². The fourth-order valence-corrected chi connectivity index (χ4v) is 3.49. The topological polar surface area (TPSA) is 96.6 Å². The molecule has 4 rings (SSSR count). The van der Waals surface area contributed by atoms with Gasteiger partial charge in [-0.25, -0.2) is 15.0 Å². The van der Waals surface area contributed by atoms with Crippen LogP contribution in [-0.2, 0) is 22.9 Å². The summed E-state index contributed by atoms with van der Waals surface area (Å²) in [5.74, 6) is 0.733. The molecule has 3 heterocycles. The standard InChI is InChI=1S/C25H21F3N6O/c1-24(2,14-29)15-6-8-16(9-7-15)31-22-17-10-11-19(32-23(17)34-20(33-22)13-35-3)21-18(25(26,27)28)5-4-12-30-21/h4-12H,13H2,1-3H3,(H,31,32,33,34). The van der Waals surface area contributed by atoms with Crippen LogP contribution in [0.1, 0.15) is 30.8 Å². The van der Waals surface area contributed by atoms with Crippen LogP contribution < -0.4 is 5.32 Å². The Labute approximate surface area is 199 Å². The molecule has 10 heteroatoms. The number of alkyl halides is 3. The molecule has 0 spiro atoms. The average molecular weight is 478 g/mol. The number of hydrogen-bond donors (Lipinski definition) is 1. The van der Waals surface area contributed by atoms with Gasteiger partial charge in [0.1, 0.15) is 18.1 Å². The molecule has 0 amide bonds. The third-order valence-electron chi connectivity index (χ3n) is 5.38. The van der Waals surface area contributed by atoms with Crippen LogP contribution in [0.15, 0.2) is 54.7 Å². The monoisotopic (exact) mass is 478 g/mol. The van der Waals surface area contributed by atoms with Crippen molar-refractivity contribution in [3.05, 3.63) is 71.7 Å². The van der Waals surface area contributed by atoms with E-state index < -0.39 is 17.2 Å². The number of nitrogens with one attached hydrogen (secondary N) is 1. The molecule has 7 nitrogen and oxygen atoms in total. The van der Waals surface area contributed by atoms with Crippen LogP contribution >= 0.6 is 0 Å². The Bertz CT molecular complexity index is 1410. The lowest BCUT2D eigenvalue weighted by Crippen LogP contribution is -2.13. The second-order valence-electron chi connectivity index (χ2n) is 8.33. The van der Waals surface area contributed by atoms with Crippen molar-refractivity contribution in [2.75, 3.05) is 12.4 Å². The molecule has 0 saturated heterocycles. The molecule has 4 aromatic rings. The second kappa shape index (κ2) is 9.27. The molecule has 0 fully saturated rings. The van der Waals surface area contributed by atoms with Crippen molar-refractivity contribution in [1.82, 2.24) is 19.9 Å². The van der Waals surface area contributed by atoms with Crippen molar-refractivity contribution in [3.8, 4) is 17.5 Å². The molecule has 178 valence electrons. The lowest BCUT2D eigenvalue weighted by atomic mass is 9.86. The summed E-state index contributed by atoms with van der Waals surface area (Å²) in [4.78, 5) is 17.2. The highest BCUT2D eigenvalue weighted by Crippen LogP contribution is 2.36. The summed E-state index contributed by atoms with van der Waals surface area (Å²) < 4.78 is 45.7. The Morgan fingerprint density at radius 1 is 1.00 bits per heavy atom. The van der Waals surface area contributed by atoms with Gasteiger partial charge in [0.05, 0.1) is 28.1 Å². The van der Waals surface area contributed by atoms with E-state index in [-0.39, 0.29) is 23.6 Å². The van der Waals surface area contributed by atoms with E-state index in [0.29, 0.717) is 22.7 Å². The first-order valence-electron chi connectivity index (χ1n) is 10.6. The van der Waals surface area contributed by atoms with Gasteiger partial charge in [0, 0.05) is 19.0 Å². The summed E-state index contributed by atoms with van der Waals surface area (Å²) in [6, 6.07) is 14.9. The van der Waals surface area contributed by atoms with E-state index in [1.807, 2.05) is 38.1 Å². The summed E-state index contributed by atoms with van der Waals surface area (Å²) in [7, 11) is 1.49. The zero-order chi connectivity index (χ0) is 25.2. The van der Waals surface area contributed by atoms with Crippen LogP contribution in [0.5, 0.6) is 0 Å². The molecule has 0 aliphatic carbocycles. The molecular formula is C25H21F3N6O. The SMILES string of the molecule is COCc1nc(Nc2ccc(C(C)(C)C#N)cc2)c2ccc(-c3ncccc3C(F)(F)F)nc2n1. The van der Waals surface area contributed by atoms with E-state index in [1.165, 1.54) is 25.4 Å². The van der Waals surface area contributed by atoms with E-state index in [2.05, 4.69) is 31.3 Å². The van der Waals surface area contributed by atoms with Crippen LogP contribution in [0.4, 0.5) is 24.7 Å². The van der Waals surface area contributed by atoms with Gasteiger partial charge in [0.25, 0.3) is 0 Å². The average Bonchev–Trinajstić information content (AvgIpc) is 2.84.